The van der Waals surface area contributed by atoms with Crippen LogP contribution in [0.5, 0.6) is 5.75 Å². The second kappa shape index (κ2) is 6.01. The van der Waals surface area contributed by atoms with Gasteiger partial charge in [-0.15, -0.1) is 0 Å². The number of aryl methyl sites for hydroxylation is 2. The van der Waals surface area contributed by atoms with Crippen LogP contribution in [0, 0.1) is 13.8 Å². The molecule has 1 aromatic rings. The van der Waals surface area contributed by atoms with E-state index in [4.69, 9.17) is 14.2 Å². The largest absolute Gasteiger partial charge is 0.496 e. The summed E-state index contributed by atoms with van der Waals surface area (Å²) in [6, 6.07) is 2.22. The van der Waals surface area contributed by atoms with E-state index >= 15 is 0 Å². The van der Waals surface area contributed by atoms with E-state index < -0.39 is 6.29 Å². The molecule has 0 saturated carbocycles. The highest BCUT2D eigenvalue weighted by Crippen LogP contribution is 2.43. The standard InChI is InChI=1S/C18H24O4/c1-5-14(19)18-21-9-13-15(22-18)7-6-12-8-10(2)17(20-4)11(3)16(12)13/h8,13,15,18H,5-7,9H2,1-4H3. The summed E-state index contributed by atoms with van der Waals surface area (Å²) in [4.78, 5) is 11.8. The van der Waals surface area contributed by atoms with Gasteiger partial charge in [-0.25, -0.2) is 0 Å². The molecule has 120 valence electrons. The summed E-state index contributed by atoms with van der Waals surface area (Å²) < 4.78 is 17.2. The summed E-state index contributed by atoms with van der Waals surface area (Å²) in [6.07, 6.45) is 1.76. The van der Waals surface area contributed by atoms with E-state index in [0.29, 0.717) is 13.0 Å². The molecular weight excluding hydrogens is 280 g/mol. The lowest BCUT2D eigenvalue weighted by Gasteiger charge is -2.41. The predicted molar refractivity (Wildman–Crippen MR) is 83.4 cm³/mol. The van der Waals surface area contributed by atoms with Gasteiger partial charge in [-0.05, 0) is 48.9 Å². The number of Topliss-reactive ketones (excluding diaryl/α,β-unsaturated/α-hetero) is 1. The molecule has 1 fully saturated rings. The van der Waals surface area contributed by atoms with Gasteiger partial charge in [0, 0.05) is 12.3 Å². The van der Waals surface area contributed by atoms with Crippen molar-refractivity contribution in [3.63, 3.8) is 0 Å². The molecule has 0 amide bonds. The Kier molecular flexibility index (Phi) is 4.24. The maximum Gasteiger partial charge on any atom is 0.218 e. The smallest absolute Gasteiger partial charge is 0.218 e. The third-order valence-corrected chi connectivity index (χ3v) is 4.90. The van der Waals surface area contributed by atoms with E-state index in [1.54, 1.807) is 7.11 Å². The summed E-state index contributed by atoms with van der Waals surface area (Å²) >= 11 is 0. The van der Waals surface area contributed by atoms with Crippen molar-refractivity contribution in [2.45, 2.75) is 58.3 Å². The van der Waals surface area contributed by atoms with Crippen LogP contribution in [0.4, 0.5) is 0 Å². The third-order valence-electron chi connectivity index (χ3n) is 4.90. The fourth-order valence-corrected chi connectivity index (χ4v) is 3.86. The van der Waals surface area contributed by atoms with Crippen LogP contribution in [0.2, 0.25) is 0 Å². The van der Waals surface area contributed by atoms with Gasteiger partial charge in [-0.1, -0.05) is 13.0 Å². The second-order valence-corrected chi connectivity index (χ2v) is 6.23. The zero-order valence-corrected chi connectivity index (χ0v) is 13.8. The van der Waals surface area contributed by atoms with Gasteiger partial charge >= 0.3 is 0 Å². The average molecular weight is 304 g/mol. The van der Waals surface area contributed by atoms with Crippen molar-refractivity contribution in [1.29, 1.82) is 0 Å². The van der Waals surface area contributed by atoms with E-state index in [9.17, 15) is 4.79 Å². The first-order valence-corrected chi connectivity index (χ1v) is 8.03. The minimum atomic E-state index is -0.680. The molecule has 1 aliphatic carbocycles. The first kappa shape index (κ1) is 15.5. The Morgan fingerprint density at radius 1 is 1.41 bits per heavy atom. The molecule has 2 aliphatic rings. The minimum Gasteiger partial charge on any atom is -0.496 e. The van der Waals surface area contributed by atoms with Crippen molar-refractivity contribution in [1.82, 2.24) is 0 Å². The molecule has 3 rings (SSSR count). The number of carbonyl (C=O) groups excluding carboxylic acids is 1. The van der Waals surface area contributed by atoms with E-state index in [2.05, 4.69) is 19.9 Å². The second-order valence-electron chi connectivity index (χ2n) is 6.23. The van der Waals surface area contributed by atoms with Crippen LogP contribution in [0.3, 0.4) is 0 Å². The maximum absolute atomic E-state index is 11.8. The van der Waals surface area contributed by atoms with Crippen LogP contribution in [0.25, 0.3) is 0 Å². The van der Waals surface area contributed by atoms with Gasteiger partial charge in [0.25, 0.3) is 0 Å². The number of hydrogen-bond donors (Lipinski definition) is 0. The highest BCUT2D eigenvalue weighted by molar-refractivity contribution is 5.81. The van der Waals surface area contributed by atoms with Gasteiger partial charge in [0.1, 0.15) is 5.75 Å². The van der Waals surface area contributed by atoms with Crippen molar-refractivity contribution in [3.05, 3.63) is 28.3 Å². The molecule has 0 spiro atoms. The third kappa shape index (κ3) is 2.44. The van der Waals surface area contributed by atoms with Gasteiger partial charge in [-0.2, -0.15) is 0 Å². The average Bonchev–Trinajstić information content (AvgIpc) is 2.53. The van der Waals surface area contributed by atoms with Crippen LogP contribution in [0.1, 0.15) is 47.9 Å². The van der Waals surface area contributed by atoms with E-state index in [1.165, 1.54) is 22.3 Å². The quantitative estimate of drug-likeness (QED) is 0.861. The molecule has 0 bridgehead atoms. The zero-order chi connectivity index (χ0) is 15.9. The molecule has 0 aromatic heterocycles. The number of benzene rings is 1. The summed E-state index contributed by atoms with van der Waals surface area (Å²) in [6.45, 7) is 6.58. The Labute approximate surface area is 131 Å². The summed E-state index contributed by atoms with van der Waals surface area (Å²) in [5.74, 6) is 1.17. The number of hydrogen-bond acceptors (Lipinski definition) is 4. The lowest BCUT2D eigenvalue weighted by molar-refractivity contribution is -0.220. The van der Waals surface area contributed by atoms with Crippen LogP contribution < -0.4 is 4.74 Å². The Hall–Kier alpha value is -1.39. The molecule has 1 heterocycles. The fraction of sp³-hybridized carbons (Fsp3) is 0.611. The normalized spacial score (nSPS) is 27.0. The molecular formula is C18H24O4. The lowest BCUT2D eigenvalue weighted by atomic mass is 9.77. The number of rotatable bonds is 3. The van der Waals surface area contributed by atoms with Crippen molar-refractivity contribution in [2.75, 3.05) is 13.7 Å². The summed E-state index contributed by atoms with van der Waals surface area (Å²) in [5.41, 5.74) is 5.01. The monoisotopic (exact) mass is 304 g/mol. The Morgan fingerprint density at radius 2 is 2.18 bits per heavy atom. The number of fused-ring (bicyclic) bond motifs is 3. The van der Waals surface area contributed by atoms with Crippen molar-refractivity contribution >= 4 is 5.78 Å². The van der Waals surface area contributed by atoms with Gasteiger partial charge in [0.05, 0.1) is 19.8 Å². The highest BCUT2D eigenvalue weighted by atomic mass is 16.7. The van der Waals surface area contributed by atoms with Crippen molar-refractivity contribution < 1.29 is 19.0 Å². The lowest BCUT2D eigenvalue weighted by Crippen LogP contribution is -2.44. The fourth-order valence-electron chi connectivity index (χ4n) is 3.86. The SMILES string of the molecule is CCC(=O)C1OCC2c3c(cc(C)c(OC)c3C)CCC2O1. The number of carbonyl (C=O) groups is 1. The Bertz CT molecular complexity index is 593. The molecule has 0 radical (unpaired) electrons. The van der Waals surface area contributed by atoms with Crippen LogP contribution in [-0.2, 0) is 20.7 Å². The molecule has 4 nitrogen and oxygen atoms in total. The first-order valence-electron chi connectivity index (χ1n) is 8.03. The molecule has 3 atom stereocenters. The van der Waals surface area contributed by atoms with Crippen molar-refractivity contribution in [2.24, 2.45) is 0 Å². The van der Waals surface area contributed by atoms with Crippen LogP contribution in [0.15, 0.2) is 6.07 Å². The van der Waals surface area contributed by atoms with Gasteiger partial charge in [0.15, 0.2) is 5.78 Å². The van der Waals surface area contributed by atoms with Gasteiger partial charge < -0.3 is 14.2 Å². The molecule has 0 N–H and O–H groups in total. The Balaban J connectivity index is 1.93. The van der Waals surface area contributed by atoms with Crippen molar-refractivity contribution in [3.8, 4) is 5.75 Å². The van der Waals surface area contributed by atoms with E-state index in [1.807, 2.05) is 6.92 Å². The molecule has 22 heavy (non-hydrogen) atoms. The molecule has 3 unspecified atom stereocenters. The molecule has 1 aliphatic heterocycles. The molecule has 1 saturated heterocycles. The van der Waals surface area contributed by atoms with Gasteiger partial charge in [-0.3, -0.25) is 4.79 Å². The number of methoxy groups -OCH3 is 1. The van der Waals surface area contributed by atoms with E-state index in [0.717, 1.165) is 18.6 Å². The van der Waals surface area contributed by atoms with Gasteiger partial charge in [0.2, 0.25) is 6.29 Å². The number of ether oxygens (including phenoxy) is 3. The summed E-state index contributed by atoms with van der Waals surface area (Å²) in [7, 11) is 1.71. The van der Waals surface area contributed by atoms with E-state index in [-0.39, 0.29) is 17.8 Å². The predicted octanol–water partition coefficient (Wildman–Crippen LogP) is 3.06. The minimum absolute atomic E-state index is 0.0301. The zero-order valence-electron chi connectivity index (χ0n) is 13.8. The van der Waals surface area contributed by atoms with Crippen LogP contribution >= 0.6 is 0 Å². The summed E-state index contributed by atoms with van der Waals surface area (Å²) in [5, 5.41) is 0. The molecule has 1 aromatic carbocycles. The highest BCUT2D eigenvalue weighted by Gasteiger charge is 2.40. The Morgan fingerprint density at radius 3 is 2.86 bits per heavy atom. The molecule has 4 heteroatoms. The van der Waals surface area contributed by atoms with Crippen LogP contribution in [-0.4, -0.2) is 31.9 Å². The topological polar surface area (TPSA) is 44.8 Å². The number of ketones is 1. The first-order chi connectivity index (χ1) is 10.6. The maximum atomic E-state index is 11.8.